The summed E-state index contributed by atoms with van der Waals surface area (Å²) in [6, 6.07) is 23.5. The standard InChI is InChI=1S/C29H30N4O2/c1-20-5-3-6-21(13-20)16-30-29-26-15-24(9-12-27(26)31-19-32-29)23-8-4-7-22(14-23)17-33(25-10-11-25)28(34)18-35-2/h3-9,12-15,19,25H,10-11,16-18H2,1-2H3,(H,30,31,32). The van der Waals surface area contributed by atoms with Crippen LogP contribution >= 0.6 is 0 Å². The van der Waals surface area contributed by atoms with Gasteiger partial charge in [-0.05, 0) is 60.2 Å². The summed E-state index contributed by atoms with van der Waals surface area (Å²) in [4.78, 5) is 23.5. The number of ether oxygens (including phenoxy) is 1. The number of fused-ring (bicyclic) bond motifs is 1. The molecular formula is C29H30N4O2. The third-order valence-corrected chi connectivity index (χ3v) is 6.37. The summed E-state index contributed by atoms with van der Waals surface area (Å²) in [6.07, 6.45) is 3.74. The molecule has 178 valence electrons. The van der Waals surface area contributed by atoms with Crippen LogP contribution in [-0.2, 0) is 22.6 Å². The average Bonchev–Trinajstić information content (AvgIpc) is 3.71. The van der Waals surface area contributed by atoms with Gasteiger partial charge >= 0.3 is 0 Å². The number of rotatable bonds is 9. The van der Waals surface area contributed by atoms with Gasteiger partial charge in [0.2, 0.25) is 5.91 Å². The van der Waals surface area contributed by atoms with Crippen LogP contribution in [0, 0.1) is 6.92 Å². The van der Waals surface area contributed by atoms with E-state index in [4.69, 9.17) is 4.74 Å². The number of aromatic nitrogens is 2. The van der Waals surface area contributed by atoms with Crippen LogP contribution in [-0.4, -0.2) is 40.5 Å². The van der Waals surface area contributed by atoms with Crippen molar-refractivity contribution in [3.8, 4) is 11.1 Å². The topological polar surface area (TPSA) is 67.3 Å². The van der Waals surface area contributed by atoms with Gasteiger partial charge in [-0.15, -0.1) is 0 Å². The Morgan fingerprint density at radius 3 is 2.60 bits per heavy atom. The Bertz CT molecular complexity index is 1350. The number of aryl methyl sites for hydroxylation is 1. The van der Waals surface area contributed by atoms with Crippen LogP contribution in [0.15, 0.2) is 73.1 Å². The minimum absolute atomic E-state index is 0.0487. The van der Waals surface area contributed by atoms with Crippen molar-refractivity contribution in [2.24, 2.45) is 0 Å². The number of carbonyl (C=O) groups excluding carboxylic acids is 1. The van der Waals surface area contributed by atoms with Crippen molar-refractivity contribution >= 4 is 22.6 Å². The highest BCUT2D eigenvalue weighted by atomic mass is 16.5. The van der Waals surface area contributed by atoms with E-state index in [1.807, 2.05) is 11.0 Å². The Morgan fingerprint density at radius 1 is 1.00 bits per heavy atom. The van der Waals surface area contributed by atoms with E-state index < -0.39 is 0 Å². The number of methoxy groups -OCH3 is 1. The maximum atomic E-state index is 12.5. The molecule has 0 radical (unpaired) electrons. The molecule has 4 aromatic rings. The van der Waals surface area contributed by atoms with Gasteiger partial charge in [0, 0.05) is 31.6 Å². The van der Waals surface area contributed by atoms with Crippen molar-refractivity contribution < 1.29 is 9.53 Å². The van der Waals surface area contributed by atoms with Gasteiger partial charge in [-0.25, -0.2) is 9.97 Å². The molecule has 35 heavy (non-hydrogen) atoms. The summed E-state index contributed by atoms with van der Waals surface area (Å²) in [5.74, 6) is 0.868. The van der Waals surface area contributed by atoms with Crippen molar-refractivity contribution in [1.82, 2.24) is 14.9 Å². The highest BCUT2D eigenvalue weighted by Crippen LogP contribution is 2.31. The number of nitrogens with one attached hydrogen (secondary N) is 1. The quantitative estimate of drug-likeness (QED) is 0.360. The molecule has 6 nitrogen and oxygen atoms in total. The molecule has 0 saturated heterocycles. The van der Waals surface area contributed by atoms with Crippen LogP contribution in [0.2, 0.25) is 0 Å². The first-order valence-corrected chi connectivity index (χ1v) is 12.0. The van der Waals surface area contributed by atoms with E-state index in [1.165, 1.54) is 11.1 Å². The molecule has 6 heteroatoms. The molecule has 1 heterocycles. The Hall–Kier alpha value is -3.77. The summed E-state index contributed by atoms with van der Waals surface area (Å²) in [5, 5.41) is 4.47. The Labute approximate surface area is 206 Å². The second-order valence-corrected chi connectivity index (χ2v) is 9.18. The van der Waals surface area contributed by atoms with Crippen molar-refractivity contribution in [2.45, 2.75) is 38.9 Å². The maximum absolute atomic E-state index is 12.5. The molecule has 1 fully saturated rings. The van der Waals surface area contributed by atoms with Crippen molar-refractivity contribution in [2.75, 3.05) is 19.0 Å². The van der Waals surface area contributed by atoms with Gasteiger partial charge in [0.25, 0.3) is 0 Å². The summed E-state index contributed by atoms with van der Waals surface area (Å²) < 4.78 is 5.09. The zero-order valence-electron chi connectivity index (χ0n) is 20.2. The van der Waals surface area contributed by atoms with Crippen LogP contribution < -0.4 is 5.32 Å². The molecule has 1 saturated carbocycles. The lowest BCUT2D eigenvalue weighted by Crippen LogP contribution is -2.35. The van der Waals surface area contributed by atoms with Gasteiger partial charge in [-0.2, -0.15) is 0 Å². The second-order valence-electron chi connectivity index (χ2n) is 9.18. The van der Waals surface area contributed by atoms with E-state index in [9.17, 15) is 4.79 Å². The average molecular weight is 467 g/mol. The summed E-state index contributed by atoms with van der Waals surface area (Å²) in [7, 11) is 1.57. The number of benzene rings is 3. The van der Waals surface area contributed by atoms with E-state index in [0.717, 1.165) is 46.3 Å². The highest BCUT2D eigenvalue weighted by molar-refractivity contribution is 5.92. The lowest BCUT2D eigenvalue weighted by atomic mass is 10.0. The third-order valence-electron chi connectivity index (χ3n) is 6.37. The predicted octanol–water partition coefficient (Wildman–Crippen LogP) is 5.35. The minimum atomic E-state index is 0.0487. The van der Waals surface area contributed by atoms with Crippen LogP contribution in [0.25, 0.3) is 22.0 Å². The molecule has 3 aromatic carbocycles. The molecule has 1 amide bonds. The molecule has 1 aliphatic rings. The molecule has 1 aromatic heterocycles. The van der Waals surface area contributed by atoms with Gasteiger partial charge in [0.05, 0.1) is 5.52 Å². The van der Waals surface area contributed by atoms with E-state index in [0.29, 0.717) is 19.1 Å². The Balaban J connectivity index is 1.40. The zero-order chi connectivity index (χ0) is 24.2. The van der Waals surface area contributed by atoms with E-state index in [-0.39, 0.29) is 12.5 Å². The monoisotopic (exact) mass is 466 g/mol. The lowest BCUT2D eigenvalue weighted by Gasteiger charge is -2.22. The van der Waals surface area contributed by atoms with Crippen LogP contribution in [0.3, 0.4) is 0 Å². The molecular weight excluding hydrogens is 436 g/mol. The molecule has 5 rings (SSSR count). The highest BCUT2D eigenvalue weighted by Gasteiger charge is 2.32. The van der Waals surface area contributed by atoms with Crippen LogP contribution in [0.5, 0.6) is 0 Å². The van der Waals surface area contributed by atoms with E-state index >= 15 is 0 Å². The fourth-order valence-corrected chi connectivity index (χ4v) is 4.44. The molecule has 0 atom stereocenters. The number of amides is 1. The SMILES string of the molecule is COCC(=O)N(Cc1cccc(-c2ccc3ncnc(NCc4cccc(C)c4)c3c2)c1)C1CC1. The summed E-state index contributed by atoms with van der Waals surface area (Å²) >= 11 is 0. The first-order chi connectivity index (χ1) is 17.1. The first kappa shape index (κ1) is 23.0. The lowest BCUT2D eigenvalue weighted by molar-refractivity contribution is -0.136. The van der Waals surface area contributed by atoms with Gasteiger partial charge in [-0.3, -0.25) is 4.79 Å². The number of carbonyl (C=O) groups is 1. The molecule has 0 aliphatic heterocycles. The fraction of sp³-hybridized carbons (Fsp3) is 0.276. The number of anilines is 1. The third kappa shape index (κ3) is 5.49. The van der Waals surface area contributed by atoms with Gasteiger partial charge in [0.15, 0.2) is 0 Å². The van der Waals surface area contributed by atoms with Crippen LogP contribution in [0.1, 0.15) is 29.5 Å². The van der Waals surface area contributed by atoms with E-state index in [2.05, 4.69) is 82.9 Å². The molecule has 0 bridgehead atoms. The minimum Gasteiger partial charge on any atom is -0.375 e. The number of hydrogen-bond acceptors (Lipinski definition) is 5. The number of nitrogens with zero attached hydrogens (tertiary/aromatic N) is 3. The fourth-order valence-electron chi connectivity index (χ4n) is 4.44. The van der Waals surface area contributed by atoms with E-state index in [1.54, 1.807) is 13.4 Å². The van der Waals surface area contributed by atoms with Gasteiger partial charge in [-0.1, -0.05) is 54.1 Å². The summed E-state index contributed by atoms with van der Waals surface area (Å²) in [5.41, 5.74) is 6.66. The Kier molecular flexibility index (Phi) is 6.73. The Morgan fingerprint density at radius 2 is 1.80 bits per heavy atom. The normalized spacial score (nSPS) is 13.1. The van der Waals surface area contributed by atoms with Crippen molar-refractivity contribution in [3.63, 3.8) is 0 Å². The molecule has 0 spiro atoms. The van der Waals surface area contributed by atoms with Gasteiger partial charge in [0.1, 0.15) is 18.8 Å². The smallest absolute Gasteiger partial charge is 0.249 e. The van der Waals surface area contributed by atoms with Crippen molar-refractivity contribution in [1.29, 1.82) is 0 Å². The first-order valence-electron chi connectivity index (χ1n) is 12.0. The predicted molar refractivity (Wildman–Crippen MR) is 139 cm³/mol. The largest absolute Gasteiger partial charge is 0.375 e. The second kappa shape index (κ2) is 10.2. The van der Waals surface area contributed by atoms with Crippen LogP contribution in [0.4, 0.5) is 5.82 Å². The summed E-state index contributed by atoms with van der Waals surface area (Å²) in [6.45, 7) is 3.52. The number of hydrogen-bond donors (Lipinski definition) is 1. The maximum Gasteiger partial charge on any atom is 0.249 e. The van der Waals surface area contributed by atoms with Crippen molar-refractivity contribution in [3.05, 3.63) is 89.7 Å². The van der Waals surface area contributed by atoms with Gasteiger partial charge < -0.3 is 15.0 Å². The zero-order valence-corrected chi connectivity index (χ0v) is 20.2. The molecule has 1 N–H and O–H groups in total. The molecule has 1 aliphatic carbocycles. The molecule has 0 unspecified atom stereocenters.